The van der Waals surface area contributed by atoms with E-state index in [1.54, 1.807) is 12.3 Å². The average molecular weight is 250 g/mol. The van der Waals surface area contributed by atoms with Crippen LogP contribution in [-0.2, 0) is 6.42 Å². The van der Waals surface area contributed by atoms with Crippen molar-refractivity contribution in [1.82, 2.24) is 15.1 Å². The highest BCUT2D eigenvalue weighted by Gasteiger charge is 2.11. The molecule has 1 aromatic carbocycles. The summed E-state index contributed by atoms with van der Waals surface area (Å²) in [5, 5.41) is 12.7. The van der Waals surface area contributed by atoms with Crippen molar-refractivity contribution in [2.45, 2.75) is 6.42 Å². The molecular formula is C14H10N4O. The lowest BCUT2D eigenvalue weighted by Gasteiger charge is -1.93. The zero-order valence-electron chi connectivity index (χ0n) is 10.00. The van der Waals surface area contributed by atoms with E-state index in [-0.39, 0.29) is 0 Å². The Morgan fingerprint density at radius 3 is 2.84 bits per heavy atom. The molecule has 0 aliphatic heterocycles. The second-order valence-electron chi connectivity index (χ2n) is 4.09. The number of aromatic amines is 1. The number of rotatable bonds is 3. The minimum atomic E-state index is 0.396. The quantitative estimate of drug-likeness (QED) is 0.774. The molecule has 1 N–H and O–H groups in total. The first-order valence-corrected chi connectivity index (χ1v) is 5.80. The van der Waals surface area contributed by atoms with Crippen LogP contribution in [0.1, 0.15) is 17.0 Å². The van der Waals surface area contributed by atoms with E-state index >= 15 is 0 Å². The van der Waals surface area contributed by atoms with Crippen molar-refractivity contribution < 1.29 is 4.52 Å². The lowest BCUT2D eigenvalue weighted by atomic mass is 10.1. The standard InChI is InChI=1S/C14H10N4O/c15-8-11-6-12(16-9-11)14-17-13(18-19-14)7-10-4-2-1-3-5-10/h1-6,9,16H,7H2. The highest BCUT2D eigenvalue weighted by atomic mass is 16.5. The van der Waals surface area contributed by atoms with E-state index in [1.165, 1.54) is 0 Å². The number of benzene rings is 1. The summed E-state index contributed by atoms with van der Waals surface area (Å²) in [6.45, 7) is 0. The van der Waals surface area contributed by atoms with Crippen molar-refractivity contribution in [2.75, 3.05) is 0 Å². The highest BCUT2D eigenvalue weighted by Crippen LogP contribution is 2.17. The molecular weight excluding hydrogens is 240 g/mol. The minimum absolute atomic E-state index is 0.396. The molecule has 5 heteroatoms. The van der Waals surface area contributed by atoms with Crippen molar-refractivity contribution >= 4 is 0 Å². The Bertz CT molecular complexity index is 721. The Morgan fingerprint density at radius 2 is 2.11 bits per heavy atom. The number of hydrogen-bond acceptors (Lipinski definition) is 4. The molecule has 0 spiro atoms. The first-order valence-electron chi connectivity index (χ1n) is 5.80. The van der Waals surface area contributed by atoms with E-state index in [4.69, 9.17) is 9.78 Å². The van der Waals surface area contributed by atoms with Crippen LogP contribution in [-0.4, -0.2) is 15.1 Å². The van der Waals surface area contributed by atoms with E-state index < -0.39 is 0 Å². The number of H-pyrrole nitrogens is 1. The van der Waals surface area contributed by atoms with Gasteiger partial charge in [0.2, 0.25) is 0 Å². The van der Waals surface area contributed by atoms with E-state index in [1.807, 2.05) is 36.4 Å². The number of nitrogens with one attached hydrogen (secondary N) is 1. The van der Waals surface area contributed by atoms with Gasteiger partial charge in [-0.25, -0.2) is 0 Å². The third-order valence-electron chi connectivity index (χ3n) is 2.72. The van der Waals surface area contributed by atoms with Crippen LogP contribution in [0.5, 0.6) is 0 Å². The Morgan fingerprint density at radius 1 is 1.26 bits per heavy atom. The summed E-state index contributed by atoms with van der Waals surface area (Å²) in [6, 6.07) is 13.7. The van der Waals surface area contributed by atoms with Crippen molar-refractivity contribution in [2.24, 2.45) is 0 Å². The van der Waals surface area contributed by atoms with Crippen molar-refractivity contribution in [3.8, 4) is 17.7 Å². The molecule has 0 saturated heterocycles. The Hall–Kier alpha value is -2.87. The zero-order valence-corrected chi connectivity index (χ0v) is 10.00. The van der Waals surface area contributed by atoms with Crippen LogP contribution >= 0.6 is 0 Å². The van der Waals surface area contributed by atoms with Gasteiger partial charge in [0, 0.05) is 12.6 Å². The third-order valence-corrected chi connectivity index (χ3v) is 2.72. The van der Waals surface area contributed by atoms with Crippen LogP contribution in [0.25, 0.3) is 11.6 Å². The molecule has 2 heterocycles. The average Bonchev–Trinajstić information content (AvgIpc) is 3.08. The normalized spacial score (nSPS) is 10.3. The maximum absolute atomic E-state index is 8.76. The van der Waals surface area contributed by atoms with Crippen LogP contribution in [0.2, 0.25) is 0 Å². The summed E-state index contributed by atoms with van der Waals surface area (Å²) in [5.41, 5.74) is 2.32. The first-order chi connectivity index (χ1) is 9.35. The summed E-state index contributed by atoms with van der Waals surface area (Å²) < 4.78 is 5.18. The van der Waals surface area contributed by atoms with E-state index in [2.05, 4.69) is 15.1 Å². The number of hydrogen-bond donors (Lipinski definition) is 1. The molecule has 0 aliphatic rings. The van der Waals surface area contributed by atoms with Gasteiger partial charge in [0.25, 0.3) is 5.89 Å². The molecule has 0 bridgehead atoms. The minimum Gasteiger partial charge on any atom is -0.356 e. The maximum Gasteiger partial charge on any atom is 0.274 e. The highest BCUT2D eigenvalue weighted by molar-refractivity contribution is 5.51. The summed E-state index contributed by atoms with van der Waals surface area (Å²) in [6.07, 6.45) is 2.23. The lowest BCUT2D eigenvalue weighted by Crippen LogP contribution is -1.90. The maximum atomic E-state index is 8.76. The molecule has 0 saturated carbocycles. The largest absolute Gasteiger partial charge is 0.356 e. The van der Waals surface area contributed by atoms with Gasteiger partial charge in [0.05, 0.1) is 5.56 Å². The predicted octanol–water partition coefficient (Wildman–Crippen LogP) is 2.53. The molecule has 0 fully saturated rings. The van der Waals surface area contributed by atoms with Gasteiger partial charge in [0.15, 0.2) is 5.82 Å². The third kappa shape index (κ3) is 2.38. The van der Waals surface area contributed by atoms with E-state index in [0.717, 1.165) is 5.56 Å². The smallest absolute Gasteiger partial charge is 0.274 e. The Balaban J connectivity index is 1.82. The van der Waals surface area contributed by atoms with Crippen LogP contribution < -0.4 is 0 Å². The summed E-state index contributed by atoms with van der Waals surface area (Å²) >= 11 is 0. The van der Waals surface area contributed by atoms with Crippen LogP contribution in [0.15, 0.2) is 47.1 Å². The number of nitrogens with zero attached hydrogens (tertiary/aromatic N) is 3. The molecule has 5 nitrogen and oxygen atoms in total. The van der Waals surface area contributed by atoms with Crippen LogP contribution in [0.4, 0.5) is 0 Å². The fourth-order valence-corrected chi connectivity index (χ4v) is 1.80. The van der Waals surface area contributed by atoms with Gasteiger partial charge in [-0.2, -0.15) is 10.2 Å². The van der Waals surface area contributed by atoms with Gasteiger partial charge in [-0.3, -0.25) is 0 Å². The molecule has 0 aliphatic carbocycles. The second kappa shape index (κ2) is 4.78. The van der Waals surface area contributed by atoms with E-state index in [0.29, 0.717) is 29.4 Å². The Kier molecular flexibility index (Phi) is 2.83. The van der Waals surface area contributed by atoms with Crippen molar-refractivity contribution in [3.05, 3.63) is 59.5 Å². The van der Waals surface area contributed by atoms with Crippen LogP contribution in [0, 0.1) is 11.3 Å². The van der Waals surface area contributed by atoms with Gasteiger partial charge >= 0.3 is 0 Å². The molecule has 0 radical (unpaired) electrons. The van der Waals surface area contributed by atoms with Crippen molar-refractivity contribution in [3.63, 3.8) is 0 Å². The summed E-state index contributed by atoms with van der Waals surface area (Å²) in [5.74, 6) is 1.02. The summed E-state index contributed by atoms with van der Waals surface area (Å²) in [4.78, 5) is 7.24. The summed E-state index contributed by atoms with van der Waals surface area (Å²) in [7, 11) is 0. The molecule has 0 atom stereocenters. The Labute approximate surface area is 109 Å². The SMILES string of the molecule is N#Cc1c[nH]c(-c2nc(Cc3ccccc3)no2)c1. The van der Waals surface area contributed by atoms with Gasteiger partial charge in [-0.15, -0.1) is 0 Å². The van der Waals surface area contributed by atoms with E-state index in [9.17, 15) is 0 Å². The molecule has 0 amide bonds. The fourth-order valence-electron chi connectivity index (χ4n) is 1.80. The van der Waals surface area contributed by atoms with Crippen LogP contribution in [0.3, 0.4) is 0 Å². The van der Waals surface area contributed by atoms with Gasteiger partial charge < -0.3 is 9.51 Å². The zero-order chi connectivity index (χ0) is 13.1. The number of aromatic nitrogens is 3. The molecule has 0 unspecified atom stereocenters. The van der Waals surface area contributed by atoms with Gasteiger partial charge in [0.1, 0.15) is 11.8 Å². The first kappa shape index (κ1) is 11.2. The second-order valence-corrected chi connectivity index (χ2v) is 4.09. The van der Waals surface area contributed by atoms with Gasteiger partial charge in [-0.1, -0.05) is 35.5 Å². The molecule has 92 valence electrons. The van der Waals surface area contributed by atoms with Crippen molar-refractivity contribution in [1.29, 1.82) is 5.26 Å². The molecule has 2 aromatic heterocycles. The fraction of sp³-hybridized carbons (Fsp3) is 0.0714. The molecule has 19 heavy (non-hydrogen) atoms. The molecule has 3 rings (SSSR count). The number of nitriles is 1. The predicted molar refractivity (Wildman–Crippen MR) is 68.0 cm³/mol. The lowest BCUT2D eigenvalue weighted by molar-refractivity contribution is 0.423. The van der Waals surface area contributed by atoms with Gasteiger partial charge in [-0.05, 0) is 11.6 Å². The topological polar surface area (TPSA) is 78.5 Å². The molecule has 3 aromatic rings. The monoisotopic (exact) mass is 250 g/mol.